The van der Waals surface area contributed by atoms with Crippen LogP contribution in [0.5, 0.6) is 0 Å². The summed E-state index contributed by atoms with van der Waals surface area (Å²) >= 11 is 1.19. The van der Waals surface area contributed by atoms with E-state index in [4.69, 9.17) is 16.5 Å². The molecule has 1 aromatic carbocycles. The van der Waals surface area contributed by atoms with Crippen molar-refractivity contribution in [3.8, 4) is 12.1 Å². The second-order valence-electron chi connectivity index (χ2n) is 8.04. The van der Waals surface area contributed by atoms with Crippen LogP contribution >= 0.6 is 11.8 Å². The van der Waals surface area contributed by atoms with E-state index in [0.29, 0.717) is 35.1 Å². The van der Waals surface area contributed by atoms with Crippen molar-refractivity contribution >= 4 is 23.5 Å². The van der Waals surface area contributed by atoms with E-state index in [1.165, 1.54) is 11.8 Å². The molecule has 0 bridgehead atoms. The number of thioether (sulfide) groups is 1. The van der Waals surface area contributed by atoms with E-state index in [-0.39, 0.29) is 12.0 Å². The van der Waals surface area contributed by atoms with Gasteiger partial charge in [-0.2, -0.15) is 10.5 Å². The lowest BCUT2D eigenvalue weighted by Gasteiger charge is -2.32. The number of hydrogen-bond donors (Lipinski definition) is 2. The number of benzene rings is 1. The minimum absolute atomic E-state index is 0.147. The summed E-state index contributed by atoms with van der Waals surface area (Å²) in [5.41, 5.74) is 14.2. The zero-order chi connectivity index (χ0) is 22.0. The van der Waals surface area contributed by atoms with Gasteiger partial charge in [0.05, 0.1) is 11.1 Å². The molecule has 1 saturated carbocycles. The minimum Gasteiger partial charge on any atom is -0.368 e. The molecule has 2 heterocycles. The van der Waals surface area contributed by atoms with E-state index < -0.39 is 11.2 Å². The Balaban J connectivity index is 1.82. The third kappa shape index (κ3) is 4.36. The highest BCUT2D eigenvalue weighted by Crippen LogP contribution is 2.48. The Bertz CT molecular complexity index is 1060. The number of nitriles is 2. The van der Waals surface area contributed by atoms with Crippen LogP contribution in [-0.2, 0) is 4.79 Å². The van der Waals surface area contributed by atoms with Crippen LogP contribution < -0.4 is 16.4 Å². The Morgan fingerprint density at radius 1 is 1.10 bits per heavy atom. The van der Waals surface area contributed by atoms with Crippen LogP contribution in [0.3, 0.4) is 0 Å². The van der Waals surface area contributed by atoms with Crippen molar-refractivity contribution in [1.29, 1.82) is 10.5 Å². The van der Waals surface area contributed by atoms with Crippen molar-refractivity contribution < 1.29 is 4.79 Å². The predicted molar refractivity (Wildman–Crippen MR) is 119 cm³/mol. The summed E-state index contributed by atoms with van der Waals surface area (Å²) < 4.78 is 0. The van der Waals surface area contributed by atoms with Gasteiger partial charge in [-0.25, -0.2) is 4.98 Å². The van der Waals surface area contributed by atoms with Crippen molar-refractivity contribution in [2.45, 2.75) is 47.9 Å². The lowest BCUT2D eigenvalue weighted by Crippen LogP contribution is -2.40. The first kappa shape index (κ1) is 21.2. The summed E-state index contributed by atoms with van der Waals surface area (Å²) in [4.78, 5) is 19.2. The lowest BCUT2D eigenvalue weighted by molar-refractivity contribution is -0.117. The summed E-state index contributed by atoms with van der Waals surface area (Å²) in [6, 6.07) is 14.0. The Morgan fingerprint density at radius 2 is 1.74 bits per heavy atom. The highest BCUT2D eigenvalue weighted by atomic mass is 32.2. The SMILES string of the molecule is N#Cc1c(SC(C(N)=O)c2ccccc2)nc(N2CCC(N)CC2)c(C#N)c1C1CC1. The smallest absolute Gasteiger partial charge is 0.235 e. The number of nitrogens with two attached hydrogens (primary N) is 2. The van der Waals surface area contributed by atoms with E-state index in [9.17, 15) is 15.3 Å². The minimum atomic E-state index is -0.677. The second-order valence-corrected chi connectivity index (χ2v) is 9.13. The Morgan fingerprint density at radius 3 is 2.29 bits per heavy atom. The van der Waals surface area contributed by atoms with E-state index in [0.717, 1.165) is 36.8 Å². The summed E-state index contributed by atoms with van der Waals surface area (Å²) in [5, 5.41) is 19.8. The number of carbonyl (C=O) groups is 1. The molecular weight excluding hydrogens is 408 g/mol. The molecule has 31 heavy (non-hydrogen) atoms. The molecule has 8 heteroatoms. The van der Waals surface area contributed by atoms with Gasteiger partial charge < -0.3 is 16.4 Å². The first-order valence-corrected chi connectivity index (χ1v) is 11.3. The fourth-order valence-electron chi connectivity index (χ4n) is 4.02. The molecule has 2 fully saturated rings. The van der Waals surface area contributed by atoms with E-state index in [1.54, 1.807) is 0 Å². The molecule has 2 aromatic rings. The van der Waals surface area contributed by atoms with Crippen LogP contribution in [0.4, 0.5) is 5.82 Å². The summed E-state index contributed by atoms with van der Waals surface area (Å²) in [7, 11) is 0. The lowest BCUT2D eigenvalue weighted by atomic mass is 9.98. The maximum absolute atomic E-state index is 12.3. The van der Waals surface area contributed by atoms with E-state index >= 15 is 0 Å². The van der Waals surface area contributed by atoms with Crippen molar-refractivity contribution in [1.82, 2.24) is 4.98 Å². The zero-order valence-corrected chi connectivity index (χ0v) is 17.9. The third-order valence-corrected chi connectivity index (χ3v) is 7.08. The number of aromatic nitrogens is 1. The van der Waals surface area contributed by atoms with Crippen molar-refractivity contribution in [2.24, 2.45) is 11.5 Å². The largest absolute Gasteiger partial charge is 0.368 e. The van der Waals surface area contributed by atoms with Crippen LogP contribution in [0, 0.1) is 22.7 Å². The van der Waals surface area contributed by atoms with E-state index in [2.05, 4.69) is 17.0 Å². The number of anilines is 1. The molecule has 7 nitrogen and oxygen atoms in total. The monoisotopic (exact) mass is 432 g/mol. The van der Waals surface area contributed by atoms with Gasteiger partial charge in [0.15, 0.2) is 0 Å². The number of nitrogens with zero attached hydrogens (tertiary/aromatic N) is 4. The van der Waals surface area contributed by atoms with Crippen LogP contribution in [-0.4, -0.2) is 30.0 Å². The first-order chi connectivity index (χ1) is 15.0. The Hall–Kier alpha value is -3.07. The molecule has 0 radical (unpaired) electrons. The molecule has 158 valence electrons. The Labute approximate surface area is 186 Å². The molecule has 4 rings (SSSR count). The average molecular weight is 433 g/mol. The van der Waals surface area contributed by atoms with Gasteiger partial charge >= 0.3 is 0 Å². The van der Waals surface area contributed by atoms with Gasteiger partial charge in [-0.3, -0.25) is 4.79 Å². The van der Waals surface area contributed by atoms with Gasteiger partial charge in [0.2, 0.25) is 5.91 Å². The van der Waals surface area contributed by atoms with Crippen LogP contribution in [0.15, 0.2) is 35.4 Å². The molecule has 4 N–H and O–H groups in total. The zero-order valence-electron chi connectivity index (χ0n) is 17.1. The molecule has 1 amide bonds. The number of carbonyl (C=O) groups excluding carboxylic acids is 1. The molecule has 1 unspecified atom stereocenters. The van der Waals surface area contributed by atoms with Crippen LogP contribution in [0.2, 0.25) is 0 Å². The highest BCUT2D eigenvalue weighted by molar-refractivity contribution is 8.00. The molecule has 0 spiro atoms. The molecule has 1 aromatic heterocycles. The summed E-state index contributed by atoms with van der Waals surface area (Å²) in [6.45, 7) is 1.42. The number of pyridine rings is 1. The van der Waals surface area contributed by atoms with Gasteiger partial charge in [0, 0.05) is 19.1 Å². The molecule has 1 aliphatic heterocycles. The van der Waals surface area contributed by atoms with Gasteiger partial charge in [-0.05, 0) is 42.7 Å². The molecule has 1 aliphatic carbocycles. The topological polar surface area (TPSA) is 133 Å². The van der Waals surface area contributed by atoms with Gasteiger partial charge in [-0.1, -0.05) is 42.1 Å². The number of rotatable bonds is 6. The standard InChI is InChI=1S/C23H24N6OS/c24-12-17-19(14-6-7-14)18(13-25)23(28-22(17)29-10-8-16(26)9-11-29)31-20(21(27)30)15-4-2-1-3-5-15/h1-5,14,16,20H,6-11,26H2,(H2,27,30). The van der Waals surface area contributed by atoms with Gasteiger partial charge in [0.1, 0.15) is 28.2 Å². The van der Waals surface area contributed by atoms with Crippen LogP contribution in [0.25, 0.3) is 0 Å². The molecule has 2 aliphatic rings. The van der Waals surface area contributed by atoms with Gasteiger partial charge in [-0.15, -0.1) is 0 Å². The van der Waals surface area contributed by atoms with Crippen LogP contribution in [0.1, 0.15) is 59.1 Å². The normalized spacial score (nSPS) is 17.6. The average Bonchev–Trinajstić information content (AvgIpc) is 3.62. The van der Waals surface area contributed by atoms with Crippen molar-refractivity contribution in [2.75, 3.05) is 18.0 Å². The summed E-state index contributed by atoms with van der Waals surface area (Å²) in [5.74, 6) is 0.278. The van der Waals surface area contributed by atoms with Crippen molar-refractivity contribution in [3.63, 3.8) is 0 Å². The fraction of sp³-hybridized carbons (Fsp3) is 0.391. The molecule has 1 saturated heterocycles. The third-order valence-electron chi connectivity index (χ3n) is 5.82. The number of primary amides is 1. The maximum Gasteiger partial charge on any atom is 0.235 e. The van der Waals surface area contributed by atoms with Gasteiger partial charge in [0.25, 0.3) is 0 Å². The quantitative estimate of drug-likeness (QED) is 0.670. The molecular formula is C23H24N6OS. The Kier molecular flexibility index (Phi) is 6.13. The maximum atomic E-state index is 12.3. The highest BCUT2D eigenvalue weighted by Gasteiger charge is 2.35. The predicted octanol–water partition coefficient (Wildman–Crippen LogP) is 2.95. The number of hydrogen-bond acceptors (Lipinski definition) is 7. The molecule has 1 atom stereocenters. The first-order valence-electron chi connectivity index (χ1n) is 10.4. The summed E-state index contributed by atoms with van der Waals surface area (Å²) in [6.07, 6.45) is 3.53. The van der Waals surface area contributed by atoms with Crippen molar-refractivity contribution in [3.05, 3.63) is 52.6 Å². The fourth-order valence-corrected chi connectivity index (χ4v) is 5.07. The number of amides is 1. The second kappa shape index (κ2) is 8.97. The van der Waals surface area contributed by atoms with E-state index in [1.807, 2.05) is 30.3 Å². The number of piperidine rings is 1.